The number of hydrogen-bond donors (Lipinski definition) is 2. The van der Waals surface area contributed by atoms with Crippen LogP contribution in [0.3, 0.4) is 0 Å². The van der Waals surface area contributed by atoms with Crippen LogP contribution in [0.15, 0.2) is 48.5 Å². The largest absolute Gasteiger partial charge is 0.491 e. The normalized spacial score (nSPS) is 20.3. The van der Waals surface area contributed by atoms with E-state index in [1.165, 1.54) is 17.0 Å². The minimum Gasteiger partial charge on any atom is -0.491 e. The summed E-state index contributed by atoms with van der Waals surface area (Å²) in [6.45, 7) is 1.32. The monoisotopic (exact) mass is 364 g/mol. The molecule has 2 aromatic rings. The van der Waals surface area contributed by atoms with Gasteiger partial charge < -0.3 is 15.2 Å². The molecule has 1 heterocycles. The molecule has 0 aliphatic carbocycles. The third-order valence-corrected chi connectivity index (χ3v) is 4.58. The van der Waals surface area contributed by atoms with Crippen LogP contribution in [0.4, 0.5) is 9.18 Å². The maximum atomic E-state index is 13.4. The first-order valence-corrected chi connectivity index (χ1v) is 8.25. The number of nitrogens with one attached hydrogen (secondary N) is 1. The molecular weight excluding hydrogens is 347 g/mol. The van der Waals surface area contributed by atoms with Crippen molar-refractivity contribution in [2.45, 2.75) is 5.54 Å². The molecule has 2 aromatic carbocycles. The van der Waals surface area contributed by atoms with E-state index in [4.69, 9.17) is 16.3 Å². The van der Waals surface area contributed by atoms with E-state index >= 15 is 0 Å². The minimum absolute atomic E-state index is 0.0530. The van der Waals surface area contributed by atoms with E-state index in [1.54, 1.807) is 36.4 Å². The van der Waals surface area contributed by atoms with Crippen molar-refractivity contribution in [3.63, 3.8) is 0 Å². The lowest BCUT2D eigenvalue weighted by Gasteiger charge is -2.45. The lowest BCUT2D eigenvalue weighted by atomic mass is 9.87. The van der Waals surface area contributed by atoms with Gasteiger partial charge in [-0.2, -0.15) is 0 Å². The lowest BCUT2D eigenvalue weighted by molar-refractivity contribution is 0.0218. The number of rotatable bonds is 4. The molecule has 3 rings (SSSR count). The van der Waals surface area contributed by atoms with Gasteiger partial charge in [-0.05, 0) is 29.8 Å². The fourth-order valence-electron chi connectivity index (χ4n) is 3.06. The third kappa shape index (κ3) is 3.70. The average molecular weight is 365 g/mol. The van der Waals surface area contributed by atoms with Gasteiger partial charge in [0, 0.05) is 30.7 Å². The van der Waals surface area contributed by atoms with Gasteiger partial charge in [0.15, 0.2) is 0 Å². The Morgan fingerprint density at radius 3 is 2.76 bits per heavy atom. The van der Waals surface area contributed by atoms with Gasteiger partial charge in [-0.3, -0.25) is 4.90 Å². The summed E-state index contributed by atoms with van der Waals surface area (Å²) in [6, 6.07) is 12.8. The van der Waals surface area contributed by atoms with Gasteiger partial charge in [0.2, 0.25) is 0 Å². The predicted molar refractivity (Wildman–Crippen MR) is 92.6 cm³/mol. The van der Waals surface area contributed by atoms with E-state index < -0.39 is 17.4 Å². The van der Waals surface area contributed by atoms with Crippen LogP contribution in [-0.4, -0.2) is 42.3 Å². The molecule has 1 saturated heterocycles. The molecule has 1 unspecified atom stereocenters. The molecule has 132 valence electrons. The second-order valence-corrected chi connectivity index (χ2v) is 6.33. The van der Waals surface area contributed by atoms with Gasteiger partial charge in [0.1, 0.15) is 23.7 Å². The first kappa shape index (κ1) is 17.5. The van der Waals surface area contributed by atoms with Gasteiger partial charge in [0.05, 0.1) is 0 Å². The summed E-state index contributed by atoms with van der Waals surface area (Å²) < 4.78 is 19.2. The fraction of sp³-hybridized carbons (Fsp3) is 0.278. The molecule has 25 heavy (non-hydrogen) atoms. The highest BCUT2D eigenvalue weighted by atomic mass is 35.5. The van der Waals surface area contributed by atoms with E-state index in [1.807, 2.05) is 0 Å². The molecule has 1 fully saturated rings. The van der Waals surface area contributed by atoms with Crippen LogP contribution in [0.25, 0.3) is 0 Å². The van der Waals surface area contributed by atoms with Crippen molar-refractivity contribution in [2.24, 2.45) is 0 Å². The Kier molecular flexibility index (Phi) is 5.11. The third-order valence-electron chi connectivity index (χ3n) is 4.33. The zero-order valence-corrected chi connectivity index (χ0v) is 14.2. The second-order valence-electron chi connectivity index (χ2n) is 5.90. The van der Waals surface area contributed by atoms with Crippen LogP contribution in [0.1, 0.15) is 5.56 Å². The molecule has 7 heteroatoms. The van der Waals surface area contributed by atoms with Crippen LogP contribution in [0.2, 0.25) is 5.02 Å². The number of carbonyl (C=O) groups is 1. The molecule has 1 aliphatic rings. The number of ether oxygens (including phenoxy) is 1. The van der Waals surface area contributed by atoms with E-state index in [0.717, 1.165) is 5.56 Å². The Morgan fingerprint density at radius 2 is 2.08 bits per heavy atom. The Balaban J connectivity index is 1.96. The van der Waals surface area contributed by atoms with Crippen LogP contribution >= 0.6 is 11.6 Å². The number of hydrogen-bond acceptors (Lipinski definition) is 3. The van der Waals surface area contributed by atoms with Crippen molar-refractivity contribution in [3.8, 4) is 5.75 Å². The predicted octanol–water partition coefficient (Wildman–Crippen LogP) is 3.34. The SMILES string of the molecule is O=C(O)N1CCNCC1(COc1cccc(F)c1)c1ccc(Cl)cc1. The summed E-state index contributed by atoms with van der Waals surface area (Å²) in [5, 5.41) is 13.5. The molecule has 1 atom stereocenters. The first-order chi connectivity index (χ1) is 12.0. The summed E-state index contributed by atoms with van der Waals surface area (Å²) in [5.74, 6) is -0.0563. The van der Waals surface area contributed by atoms with Gasteiger partial charge in [-0.25, -0.2) is 9.18 Å². The lowest BCUT2D eigenvalue weighted by Crippen LogP contribution is -2.63. The van der Waals surface area contributed by atoms with Crippen molar-refractivity contribution in [3.05, 3.63) is 64.9 Å². The summed E-state index contributed by atoms with van der Waals surface area (Å²) in [7, 11) is 0. The molecule has 0 aromatic heterocycles. The molecule has 0 radical (unpaired) electrons. The zero-order valence-electron chi connectivity index (χ0n) is 13.4. The Morgan fingerprint density at radius 1 is 1.32 bits per heavy atom. The van der Waals surface area contributed by atoms with Crippen LogP contribution in [0.5, 0.6) is 5.75 Å². The van der Waals surface area contributed by atoms with E-state index in [2.05, 4.69) is 5.32 Å². The van der Waals surface area contributed by atoms with Crippen LogP contribution < -0.4 is 10.1 Å². The topological polar surface area (TPSA) is 61.8 Å². The summed E-state index contributed by atoms with van der Waals surface area (Å²) in [4.78, 5) is 13.2. The van der Waals surface area contributed by atoms with Gasteiger partial charge in [-0.1, -0.05) is 29.8 Å². The van der Waals surface area contributed by atoms with E-state index in [-0.39, 0.29) is 6.61 Å². The molecular formula is C18H18ClFN2O3. The van der Waals surface area contributed by atoms with Crippen molar-refractivity contribution in [1.82, 2.24) is 10.2 Å². The van der Waals surface area contributed by atoms with Crippen molar-refractivity contribution >= 4 is 17.7 Å². The highest BCUT2D eigenvalue weighted by molar-refractivity contribution is 6.30. The number of benzene rings is 2. The van der Waals surface area contributed by atoms with Crippen LogP contribution in [-0.2, 0) is 5.54 Å². The molecule has 1 aliphatic heterocycles. The highest BCUT2D eigenvalue weighted by Crippen LogP contribution is 2.32. The van der Waals surface area contributed by atoms with Gasteiger partial charge in [-0.15, -0.1) is 0 Å². The molecule has 0 spiro atoms. The summed E-state index contributed by atoms with van der Waals surface area (Å²) >= 11 is 5.97. The van der Waals surface area contributed by atoms with E-state index in [0.29, 0.717) is 30.4 Å². The number of amides is 1. The number of carboxylic acid groups (broad SMARTS) is 1. The fourth-order valence-corrected chi connectivity index (χ4v) is 3.19. The van der Waals surface area contributed by atoms with Crippen LogP contribution in [0, 0.1) is 5.82 Å². The van der Waals surface area contributed by atoms with Crippen molar-refractivity contribution in [2.75, 3.05) is 26.2 Å². The maximum Gasteiger partial charge on any atom is 0.408 e. The number of nitrogens with zero attached hydrogens (tertiary/aromatic N) is 1. The average Bonchev–Trinajstić information content (AvgIpc) is 2.61. The molecule has 5 nitrogen and oxygen atoms in total. The molecule has 2 N–H and O–H groups in total. The second kappa shape index (κ2) is 7.29. The molecule has 0 bridgehead atoms. The van der Waals surface area contributed by atoms with E-state index in [9.17, 15) is 14.3 Å². The van der Waals surface area contributed by atoms with Crippen molar-refractivity contribution < 1.29 is 19.0 Å². The molecule has 1 amide bonds. The van der Waals surface area contributed by atoms with Gasteiger partial charge >= 0.3 is 6.09 Å². The summed E-state index contributed by atoms with van der Waals surface area (Å²) in [6.07, 6.45) is -1.03. The Bertz CT molecular complexity index is 756. The Labute approximate surface area is 150 Å². The maximum absolute atomic E-state index is 13.4. The summed E-state index contributed by atoms with van der Waals surface area (Å²) in [5.41, 5.74) is -0.163. The quantitative estimate of drug-likeness (QED) is 0.873. The minimum atomic E-state index is -1.03. The molecule has 0 saturated carbocycles. The standard InChI is InChI=1S/C18H18ClFN2O3/c19-14-6-4-13(5-7-14)18(11-21-8-9-22(18)17(23)24)12-25-16-3-1-2-15(20)10-16/h1-7,10,21H,8-9,11-12H2,(H,23,24). The highest BCUT2D eigenvalue weighted by Gasteiger charge is 2.44. The zero-order chi connectivity index (χ0) is 17.9. The van der Waals surface area contributed by atoms with Crippen molar-refractivity contribution in [1.29, 1.82) is 0 Å². The van der Waals surface area contributed by atoms with Gasteiger partial charge in [0.25, 0.3) is 0 Å². The number of halogens is 2. The Hall–Kier alpha value is -2.31. The smallest absolute Gasteiger partial charge is 0.408 e. The number of piperazine rings is 1. The first-order valence-electron chi connectivity index (χ1n) is 7.87.